The molecule has 1 unspecified atom stereocenters. The van der Waals surface area contributed by atoms with Gasteiger partial charge < -0.3 is 10.6 Å². The van der Waals surface area contributed by atoms with Crippen LogP contribution in [0.4, 0.5) is 5.69 Å². The smallest absolute Gasteiger partial charge is 0.0667 e. The molecule has 3 aliphatic carbocycles. The van der Waals surface area contributed by atoms with E-state index in [0.717, 1.165) is 41.9 Å². The first-order valence-corrected chi connectivity index (χ1v) is 16.1. The molecule has 0 bridgehead atoms. The van der Waals surface area contributed by atoms with E-state index in [1.54, 1.807) is 0 Å². The van der Waals surface area contributed by atoms with Crippen LogP contribution >= 0.6 is 0 Å². The summed E-state index contributed by atoms with van der Waals surface area (Å²) in [5.41, 5.74) is 14.7. The van der Waals surface area contributed by atoms with E-state index in [1.165, 1.54) is 44.5 Å². The van der Waals surface area contributed by atoms with Gasteiger partial charge in [-0.3, -0.25) is 0 Å². The summed E-state index contributed by atoms with van der Waals surface area (Å²) in [6.07, 6.45) is 33.7. The predicted molar refractivity (Wildman–Crippen MR) is 195 cm³/mol. The van der Waals surface area contributed by atoms with Gasteiger partial charge in [-0.05, 0) is 102 Å². The van der Waals surface area contributed by atoms with E-state index >= 15 is 0 Å². The van der Waals surface area contributed by atoms with E-state index in [0.29, 0.717) is 0 Å². The number of benzene rings is 2. The monoisotopic (exact) mass is 588 g/mol. The SMILES string of the molecule is C=C(/C=C\C(=C/C)c1cccc2c1C(C)(C)/C(C)=C/C=C\C2)C1=C(Nc2cccc(C3=CC=CC(C4=CC=CC4)N3)c2)C=CC1. The summed E-state index contributed by atoms with van der Waals surface area (Å²) >= 11 is 0. The van der Waals surface area contributed by atoms with Crippen molar-refractivity contribution in [3.8, 4) is 0 Å². The lowest BCUT2D eigenvalue weighted by Gasteiger charge is -2.32. The Balaban J connectivity index is 1.21. The molecule has 0 radical (unpaired) electrons. The zero-order valence-electron chi connectivity index (χ0n) is 27.0. The maximum atomic E-state index is 4.51. The Morgan fingerprint density at radius 2 is 1.76 bits per heavy atom. The minimum atomic E-state index is -0.0648. The molecule has 2 N–H and O–H groups in total. The van der Waals surface area contributed by atoms with Gasteiger partial charge in [-0.15, -0.1) is 0 Å². The van der Waals surface area contributed by atoms with Gasteiger partial charge >= 0.3 is 0 Å². The number of nitrogens with one attached hydrogen (secondary N) is 2. The van der Waals surface area contributed by atoms with E-state index in [4.69, 9.17) is 0 Å². The van der Waals surface area contributed by atoms with Crippen LogP contribution < -0.4 is 10.6 Å². The van der Waals surface area contributed by atoms with Crippen LogP contribution in [0.2, 0.25) is 0 Å². The lowest BCUT2D eigenvalue weighted by atomic mass is 9.71. The van der Waals surface area contributed by atoms with Gasteiger partial charge in [-0.25, -0.2) is 0 Å². The molecule has 0 fully saturated rings. The van der Waals surface area contributed by atoms with E-state index in [2.05, 4.69) is 172 Å². The fourth-order valence-electron chi connectivity index (χ4n) is 6.66. The number of rotatable bonds is 8. The minimum Gasteiger partial charge on any atom is -0.375 e. The van der Waals surface area contributed by atoms with Crippen molar-refractivity contribution in [1.82, 2.24) is 5.32 Å². The Bertz CT molecular complexity index is 1820. The molecule has 6 rings (SSSR count). The Kier molecular flexibility index (Phi) is 8.76. The average Bonchev–Trinajstić information content (AvgIpc) is 3.76. The van der Waals surface area contributed by atoms with Crippen LogP contribution in [-0.4, -0.2) is 6.04 Å². The highest BCUT2D eigenvalue weighted by Gasteiger charge is 2.29. The first-order chi connectivity index (χ1) is 21.8. The summed E-state index contributed by atoms with van der Waals surface area (Å²) in [6.45, 7) is 13.6. The molecule has 2 heteroatoms. The van der Waals surface area contributed by atoms with Crippen molar-refractivity contribution in [2.24, 2.45) is 0 Å². The van der Waals surface area contributed by atoms with E-state index < -0.39 is 0 Å². The summed E-state index contributed by atoms with van der Waals surface area (Å²) in [5.74, 6) is 0. The van der Waals surface area contributed by atoms with Crippen LogP contribution in [0, 0.1) is 0 Å². The third-order valence-corrected chi connectivity index (χ3v) is 9.52. The van der Waals surface area contributed by atoms with E-state index in [1.807, 2.05) is 0 Å². The lowest BCUT2D eigenvalue weighted by Crippen LogP contribution is -2.29. The summed E-state index contributed by atoms with van der Waals surface area (Å²) in [6, 6.07) is 15.6. The molecule has 0 saturated carbocycles. The molecular formula is C43H44N2. The van der Waals surface area contributed by atoms with Crippen LogP contribution in [0.5, 0.6) is 0 Å². The summed E-state index contributed by atoms with van der Waals surface area (Å²) in [7, 11) is 0. The maximum absolute atomic E-state index is 4.51. The molecule has 226 valence electrons. The van der Waals surface area contributed by atoms with Crippen LogP contribution in [0.3, 0.4) is 0 Å². The zero-order chi connectivity index (χ0) is 31.4. The third-order valence-electron chi connectivity index (χ3n) is 9.52. The van der Waals surface area contributed by atoms with Gasteiger partial charge in [0, 0.05) is 22.5 Å². The normalized spacial score (nSPS) is 22.3. The average molecular weight is 589 g/mol. The van der Waals surface area contributed by atoms with Gasteiger partial charge in [-0.2, -0.15) is 0 Å². The summed E-state index contributed by atoms with van der Waals surface area (Å²) in [4.78, 5) is 0. The van der Waals surface area contributed by atoms with Crippen LogP contribution in [0.25, 0.3) is 11.3 Å². The van der Waals surface area contributed by atoms with Gasteiger partial charge in [-0.1, -0.05) is 129 Å². The molecule has 1 heterocycles. The van der Waals surface area contributed by atoms with Gasteiger partial charge in [0.2, 0.25) is 0 Å². The molecule has 1 atom stereocenters. The van der Waals surface area contributed by atoms with Crippen molar-refractivity contribution >= 4 is 17.0 Å². The molecule has 2 aromatic carbocycles. The number of dihydropyridines is 1. The number of hydrogen-bond acceptors (Lipinski definition) is 2. The molecule has 4 aliphatic rings. The van der Waals surface area contributed by atoms with Crippen LogP contribution in [-0.2, 0) is 11.8 Å². The van der Waals surface area contributed by atoms with E-state index in [9.17, 15) is 0 Å². The highest BCUT2D eigenvalue weighted by Crippen LogP contribution is 2.40. The van der Waals surface area contributed by atoms with Crippen molar-refractivity contribution in [3.05, 3.63) is 184 Å². The predicted octanol–water partition coefficient (Wildman–Crippen LogP) is 10.6. The third kappa shape index (κ3) is 6.37. The fourth-order valence-corrected chi connectivity index (χ4v) is 6.66. The number of fused-ring (bicyclic) bond motifs is 1. The topological polar surface area (TPSA) is 24.1 Å². The summed E-state index contributed by atoms with van der Waals surface area (Å²) in [5, 5.41) is 7.41. The molecule has 45 heavy (non-hydrogen) atoms. The van der Waals surface area contributed by atoms with Crippen molar-refractivity contribution < 1.29 is 0 Å². The lowest BCUT2D eigenvalue weighted by molar-refractivity contribution is 0.614. The standard InChI is InChI=1S/C43H44N2/c1-6-32(38-23-12-19-34-18-8-7-15-31(3)43(4,5)42(34)38)28-27-30(2)37-22-13-26-41(37)44-36-21-11-20-35(29-36)40-25-14-24-39(45-40)33-16-9-10-17-33/h6-16,19-21,23-29,39,44-45H,2,17-18,22H2,1,3-5H3/b8-7-,28-27-,31-15+,32-6+. The number of allylic oxidation sites excluding steroid dienone is 17. The maximum Gasteiger partial charge on any atom is 0.0667 e. The second kappa shape index (κ2) is 13.0. The Morgan fingerprint density at radius 3 is 2.58 bits per heavy atom. The summed E-state index contributed by atoms with van der Waals surface area (Å²) < 4.78 is 0. The van der Waals surface area contributed by atoms with E-state index in [-0.39, 0.29) is 11.5 Å². The van der Waals surface area contributed by atoms with Gasteiger partial charge in [0.15, 0.2) is 0 Å². The second-order valence-electron chi connectivity index (χ2n) is 12.7. The van der Waals surface area contributed by atoms with Crippen LogP contribution in [0.1, 0.15) is 62.8 Å². The van der Waals surface area contributed by atoms with Crippen molar-refractivity contribution in [1.29, 1.82) is 0 Å². The first kappa shape index (κ1) is 30.2. The molecule has 2 nitrogen and oxygen atoms in total. The Labute approximate surface area is 269 Å². The highest BCUT2D eigenvalue weighted by atomic mass is 14.9. The second-order valence-corrected chi connectivity index (χ2v) is 12.7. The van der Waals surface area contributed by atoms with Crippen molar-refractivity contribution in [2.45, 2.75) is 58.4 Å². The fraction of sp³-hybridized carbons (Fsp3) is 0.209. The first-order valence-electron chi connectivity index (χ1n) is 16.1. The quantitative estimate of drug-likeness (QED) is 0.300. The van der Waals surface area contributed by atoms with Crippen molar-refractivity contribution in [2.75, 3.05) is 5.32 Å². The van der Waals surface area contributed by atoms with Gasteiger partial charge in [0.1, 0.15) is 0 Å². The zero-order valence-corrected chi connectivity index (χ0v) is 27.0. The Hall–Kier alpha value is -4.82. The largest absolute Gasteiger partial charge is 0.375 e. The number of anilines is 1. The molecule has 1 aliphatic heterocycles. The Morgan fingerprint density at radius 1 is 0.933 bits per heavy atom. The van der Waals surface area contributed by atoms with Crippen LogP contribution in [0.15, 0.2) is 162 Å². The number of hydrogen-bond donors (Lipinski definition) is 2. The highest BCUT2D eigenvalue weighted by molar-refractivity contribution is 5.79. The molecule has 2 aromatic rings. The van der Waals surface area contributed by atoms with Gasteiger partial charge in [0.05, 0.1) is 6.04 Å². The molecule has 0 amide bonds. The minimum absolute atomic E-state index is 0.0648. The molecule has 0 saturated heterocycles. The van der Waals surface area contributed by atoms with Crippen molar-refractivity contribution in [3.63, 3.8) is 0 Å². The molecular weight excluding hydrogens is 544 g/mol. The molecule has 0 spiro atoms. The molecule has 0 aromatic heterocycles. The van der Waals surface area contributed by atoms with Gasteiger partial charge in [0.25, 0.3) is 0 Å².